The Morgan fingerprint density at radius 3 is 2.42 bits per heavy atom. The number of carbonyl (C=O) groups is 1. The monoisotopic (exact) mass is 508 g/mol. The number of methoxy groups -OCH3 is 1. The van der Waals surface area contributed by atoms with E-state index in [0.717, 1.165) is 33.5 Å². The van der Waals surface area contributed by atoms with Gasteiger partial charge < -0.3 is 14.7 Å². The van der Waals surface area contributed by atoms with Crippen molar-refractivity contribution in [1.82, 2.24) is 14.4 Å². The summed E-state index contributed by atoms with van der Waals surface area (Å²) in [4.78, 5) is 17.6. The Hall–Kier alpha value is -3.49. The number of hydrogen-bond donors (Lipinski definition) is 2. The molecular formula is C26H28N4O5S. The van der Waals surface area contributed by atoms with Crippen molar-refractivity contribution >= 4 is 33.8 Å². The summed E-state index contributed by atoms with van der Waals surface area (Å²) in [5, 5.41) is 11.7. The molecule has 1 aliphatic rings. The molecule has 4 rings (SSSR count). The fraction of sp³-hybridized carbons (Fsp3) is 0.308. The first-order chi connectivity index (χ1) is 17.4. The highest BCUT2D eigenvalue weighted by Gasteiger charge is 2.30. The van der Waals surface area contributed by atoms with Crippen molar-refractivity contribution in [3.05, 3.63) is 65.9 Å². The third-order valence-electron chi connectivity index (χ3n) is 6.05. The maximum absolute atomic E-state index is 11.8. The van der Waals surface area contributed by atoms with Gasteiger partial charge in [0.15, 0.2) is 0 Å². The maximum Gasteiger partial charge on any atom is 0.305 e. The summed E-state index contributed by atoms with van der Waals surface area (Å²) in [7, 11) is 1.64. The summed E-state index contributed by atoms with van der Waals surface area (Å²) in [6.07, 6.45) is 1.51. The standard InChI is InChI=1S/C26H28N4O5S/c1-19(17-26(31)32)30(36(33)34)29-15-13-28(14-16-29)22-8-5-20(6-9-22)3-4-21-7-10-24-23(18-21)25(35-2)11-12-27-24/h5-12,18-19H,13-17H2,1-2H3,(H,31,32)(H,33,34). The van der Waals surface area contributed by atoms with Crippen molar-refractivity contribution < 1.29 is 23.4 Å². The fourth-order valence-electron chi connectivity index (χ4n) is 4.29. The second-order valence-electron chi connectivity index (χ2n) is 8.46. The van der Waals surface area contributed by atoms with E-state index >= 15 is 0 Å². The quantitative estimate of drug-likeness (QED) is 0.371. The molecule has 0 spiro atoms. The van der Waals surface area contributed by atoms with Crippen LogP contribution in [0.15, 0.2) is 54.7 Å². The number of aromatic nitrogens is 1. The molecule has 188 valence electrons. The van der Waals surface area contributed by atoms with Gasteiger partial charge in [-0.1, -0.05) is 11.8 Å². The zero-order valence-corrected chi connectivity index (χ0v) is 20.9. The third kappa shape index (κ3) is 6.01. The summed E-state index contributed by atoms with van der Waals surface area (Å²) in [5.74, 6) is 6.16. The Morgan fingerprint density at radius 2 is 1.78 bits per heavy atom. The van der Waals surface area contributed by atoms with E-state index in [4.69, 9.17) is 9.84 Å². The van der Waals surface area contributed by atoms with E-state index in [1.165, 1.54) is 4.41 Å². The van der Waals surface area contributed by atoms with Gasteiger partial charge in [-0.3, -0.25) is 14.3 Å². The predicted octanol–water partition coefficient (Wildman–Crippen LogP) is 2.98. The van der Waals surface area contributed by atoms with Crippen LogP contribution in [0.4, 0.5) is 5.69 Å². The molecule has 9 nitrogen and oxygen atoms in total. The van der Waals surface area contributed by atoms with Crippen molar-refractivity contribution in [2.45, 2.75) is 19.4 Å². The molecule has 36 heavy (non-hydrogen) atoms. The van der Waals surface area contributed by atoms with Crippen LogP contribution in [0, 0.1) is 11.8 Å². The molecular weight excluding hydrogens is 480 g/mol. The smallest absolute Gasteiger partial charge is 0.305 e. The first kappa shape index (κ1) is 25.6. The number of nitrogens with zero attached hydrogens (tertiary/aromatic N) is 4. The second-order valence-corrected chi connectivity index (χ2v) is 9.30. The lowest BCUT2D eigenvalue weighted by Gasteiger charge is -2.41. The van der Waals surface area contributed by atoms with Gasteiger partial charge in [0.1, 0.15) is 5.75 Å². The SMILES string of the molecule is COc1ccnc2ccc(C#Cc3ccc(N4CCN(N(C(C)CC(=O)O)S(=O)O)CC4)cc3)cc12. The molecule has 0 bridgehead atoms. The van der Waals surface area contributed by atoms with Gasteiger partial charge in [-0.2, -0.15) is 0 Å². The van der Waals surface area contributed by atoms with Gasteiger partial charge in [0.05, 0.1) is 19.0 Å². The minimum atomic E-state index is -2.28. The van der Waals surface area contributed by atoms with E-state index in [2.05, 4.69) is 21.7 Å². The minimum absolute atomic E-state index is 0.210. The average Bonchev–Trinajstić information content (AvgIpc) is 2.87. The molecule has 2 atom stereocenters. The van der Waals surface area contributed by atoms with E-state index in [1.807, 2.05) is 48.5 Å². The van der Waals surface area contributed by atoms with Gasteiger partial charge in [-0.25, -0.2) is 9.22 Å². The van der Waals surface area contributed by atoms with Gasteiger partial charge >= 0.3 is 5.97 Å². The molecule has 0 aliphatic carbocycles. The molecule has 10 heteroatoms. The summed E-state index contributed by atoms with van der Waals surface area (Å²) in [6.45, 7) is 3.95. The highest BCUT2D eigenvalue weighted by molar-refractivity contribution is 7.76. The number of hydrogen-bond acceptors (Lipinski definition) is 6. The lowest BCUT2D eigenvalue weighted by atomic mass is 10.1. The Morgan fingerprint density at radius 1 is 1.11 bits per heavy atom. The number of carboxylic acids is 1. The van der Waals surface area contributed by atoms with Gasteiger partial charge in [0.2, 0.25) is 11.3 Å². The molecule has 1 saturated heterocycles. The lowest BCUT2D eigenvalue weighted by Crippen LogP contribution is -2.57. The largest absolute Gasteiger partial charge is 0.496 e. The maximum atomic E-state index is 11.8. The van der Waals surface area contributed by atoms with Crippen LogP contribution < -0.4 is 9.64 Å². The highest BCUT2D eigenvalue weighted by atomic mass is 32.2. The number of anilines is 1. The van der Waals surface area contributed by atoms with Gasteiger partial charge in [-0.05, 0) is 55.5 Å². The van der Waals surface area contributed by atoms with Crippen LogP contribution in [0.3, 0.4) is 0 Å². The second kappa shape index (κ2) is 11.5. The lowest BCUT2D eigenvalue weighted by molar-refractivity contribution is -0.139. The molecule has 3 aromatic rings. The van der Waals surface area contributed by atoms with E-state index in [-0.39, 0.29) is 6.42 Å². The summed E-state index contributed by atoms with van der Waals surface area (Å²) in [5.41, 5.74) is 3.66. The molecule has 2 heterocycles. The number of fused-ring (bicyclic) bond motifs is 1. The van der Waals surface area contributed by atoms with Crippen molar-refractivity contribution in [2.75, 3.05) is 38.2 Å². The van der Waals surface area contributed by atoms with Crippen LogP contribution in [0.2, 0.25) is 0 Å². The van der Waals surface area contributed by atoms with E-state index < -0.39 is 23.3 Å². The summed E-state index contributed by atoms with van der Waals surface area (Å²) < 4.78 is 28.2. The van der Waals surface area contributed by atoms with Crippen LogP contribution in [-0.4, -0.2) is 73.6 Å². The fourth-order valence-corrected chi connectivity index (χ4v) is 5.03. The number of aliphatic carboxylic acids is 1. The Kier molecular flexibility index (Phi) is 8.18. The van der Waals surface area contributed by atoms with E-state index in [1.54, 1.807) is 25.2 Å². The highest BCUT2D eigenvalue weighted by Crippen LogP contribution is 2.24. The number of rotatable bonds is 7. The van der Waals surface area contributed by atoms with Crippen LogP contribution in [0.5, 0.6) is 5.75 Å². The van der Waals surface area contributed by atoms with Crippen LogP contribution in [0.1, 0.15) is 24.5 Å². The normalized spacial score (nSPS) is 15.8. The zero-order valence-electron chi connectivity index (χ0n) is 20.1. The Bertz CT molecular complexity index is 1310. The molecule has 2 aromatic carbocycles. The van der Waals surface area contributed by atoms with E-state index in [9.17, 15) is 13.6 Å². The average molecular weight is 509 g/mol. The number of pyridine rings is 1. The predicted molar refractivity (Wildman–Crippen MR) is 139 cm³/mol. The van der Waals surface area contributed by atoms with Crippen molar-refractivity contribution in [1.29, 1.82) is 0 Å². The zero-order chi connectivity index (χ0) is 25.7. The van der Waals surface area contributed by atoms with Crippen LogP contribution in [-0.2, 0) is 16.1 Å². The molecule has 0 saturated carbocycles. The number of ether oxygens (including phenoxy) is 1. The van der Waals surface area contributed by atoms with Gasteiger partial charge in [0.25, 0.3) is 0 Å². The van der Waals surface area contributed by atoms with Crippen LogP contribution >= 0.6 is 0 Å². The third-order valence-corrected chi connectivity index (χ3v) is 6.96. The first-order valence-corrected chi connectivity index (χ1v) is 12.6. The van der Waals surface area contributed by atoms with Crippen LogP contribution in [0.25, 0.3) is 10.9 Å². The van der Waals surface area contributed by atoms with Crippen molar-refractivity contribution in [3.63, 3.8) is 0 Å². The van der Waals surface area contributed by atoms with E-state index in [0.29, 0.717) is 26.2 Å². The summed E-state index contributed by atoms with van der Waals surface area (Å²) in [6, 6.07) is 15.1. The molecule has 2 N–H and O–H groups in total. The number of benzene rings is 2. The molecule has 1 aromatic heterocycles. The van der Waals surface area contributed by atoms with Crippen molar-refractivity contribution in [3.8, 4) is 17.6 Å². The van der Waals surface area contributed by atoms with Gasteiger partial charge in [0, 0.05) is 60.6 Å². The topological polar surface area (TPSA) is 106 Å². The van der Waals surface area contributed by atoms with Gasteiger partial charge in [-0.15, -0.1) is 4.41 Å². The number of piperazine rings is 1. The Balaban J connectivity index is 1.40. The minimum Gasteiger partial charge on any atom is -0.496 e. The molecule has 1 aliphatic heterocycles. The Labute approximate surface area is 212 Å². The first-order valence-electron chi connectivity index (χ1n) is 11.5. The summed E-state index contributed by atoms with van der Waals surface area (Å²) >= 11 is -2.28. The molecule has 0 radical (unpaired) electrons. The molecule has 2 unspecified atom stereocenters. The van der Waals surface area contributed by atoms with Crippen molar-refractivity contribution in [2.24, 2.45) is 0 Å². The molecule has 1 fully saturated rings. The number of hydrazine groups is 1. The molecule has 0 amide bonds. The number of carboxylic acid groups (broad SMARTS) is 1.